The Morgan fingerprint density at radius 2 is 1.87 bits per heavy atom. The van der Waals surface area contributed by atoms with E-state index in [2.05, 4.69) is 32.5 Å². The molecule has 6 nitrogen and oxygen atoms in total. The number of anilines is 2. The summed E-state index contributed by atoms with van der Waals surface area (Å²) in [5, 5.41) is 25.1. The molecule has 5 rings (SSSR count). The van der Waals surface area contributed by atoms with Crippen LogP contribution in [0.1, 0.15) is 31.2 Å². The van der Waals surface area contributed by atoms with Gasteiger partial charge in [0, 0.05) is 30.4 Å². The van der Waals surface area contributed by atoms with E-state index >= 15 is 0 Å². The Kier molecular flexibility index (Phi) is 5.36. The van der Waals surface area contributed by atoms with Crippen LogP contribution in [-0.4, -0.2) is 41.6 Å². The Hall–Kier alpha value is -2.57. The zero-order chi connectivity index (χ0) is 21.4. The number of halogens is 1. The van der Waals surface area contributed by atoms with Crippen LogP contribution in [0.4, 0.5) is 11.6 Å². The van der Waals surface area contributed by atoms with E-state index in [1.165, 1.54) is 0 Å². The predicted octanol–water partition coefficient (Wildman–Crippen LogP) is 4.65. The van der Waals surface area contributed by atoms with Gasteiger partial charge in [-0.2, -0.15) is 0 Å². The van der Waals surface area contributed by atoms with Crippen molar-refractivity contribution < 1.29 is 9.84 Å². The first kappa shape index (κ1) is 20.3. The van der Waals surface area contributed by atoms with E-state index in [1.807, 2.05) is 30.3 Å². The standard InChI is InChI=1S/C24H27ClN4O2/c1-31-21-7-6-16(12-20(21)25)15-26-22-18-4-2-3-5-19(18)23(28-27-22)29-10-8-24(9-11-29)13-17(30)14-24/h2-7,12,17,30H,8-11,13-15H2,1H3,(H,26,27). The van der Waals surface area contributed by atoms with Crippen LogP contribution in [0.15, 0.2) is 42.5 Å². The fraction of sp³-hybridized carbons (Fsp3) is 0.417. The van der Waals surface area contributed by atoms with Crippen molar-refractivity contribution in [2.24, 2.45) is 5.41 Å². The van der Waals surface area contributed by atoms with Crippen molar-refractivity contribution in [2.45, 2.75) is 38.3 Å². The minimum atomic E-state index is -0.0990. The number of piperidine rings is 1. The maximum atomic E-state index is 9.74. The van der Waals surface area contributed by atoms with Crippen LogP contribution in [0.5, 0.6) is 5.75 Å². The maximum absolute atomic E-state index is 9.74. The largest absolute Gasteiger partial charge is 0.495 e. The molecule has 31 heavy (non-hydrogen) atoms. The lowest BCUT2D eigenvalue weighted by Crippen LogP contribution is -2.49. The van der Waals surface area contributed by atoms with Gasteiger partial charge in [0.15, 0.2) is 11.6 Å². The summed E-state index contributed by atoms with van der Waals surface area (Å²) in [5.41, 5.74) is 1.39. The number of benzene rings is 2. The average Bonchev–Trinajstić information content (AvgIpc) is 2.77. The van der Waals surface area contributed by atoms with Gasteiger partial charge in [0.2, 0.25) is 0 Å². The molecule has 1 spiro atoms. The fourth-order valence-electron chi connectivity index (χ4n) is 5.00. The second-order valence-electron chi connectivity index (χ2n) is 8.79. The number of aliphatic hydroxyl groups is 1. The number of rotatable bonds is 5. The van der Waals surface area contributed by atoms with Gasteiger partial charge in [-0.25, -0.2) is 0 Å². The molecule has 2 aliphatic rings. The van der Waals surface area contributed by atoms with Crippen LogP contribution >= 0.6 is 11.6 Å². The first-order valence-corrected chi connectivity index (χ1v) is 11.2. The molecule has 2 heterocycles. The van der Waals surface area contributed by atoms with E-state index in [1.54, 1.807) is 7.11 Å². The van der Waals surface area contributed by atoms with Crippen LogP contribution in [0.25, 0.3) is 10.8 Å². The first-order chi connectivity index (χ1) is 15.1. The second-order valence-corrected chi connectivity index (χ2v) is 9.20. The van der Waals surface area contributed by atoms with E-state index in [0.717, 1.165) is 66.7 Å². The van der Waals surface area contributed by atoms with Gasteiger partial charge in [-0.3, -0.25) is 0 Å². The van der Waals surface area contributed by atoms with E-state index in [9.17, 15) is 5.11 Å². The highest BCUT2D eigenvalue weighted by atomic mass is 35.5. The van der Waals surface area contributed by atoms with Crippen LogP contribution in [0.2, 0.25) is 5.02 Å². The van der Waals surface area contributed by atoms with Gasteiger partial charge in [-0.05, 0) is 48.8 Å². The second kappa shape index (κ2) is 8.17. The molecule has 2 fully saturated rings. The molecule has 1 saturated heterocycles. The zero-order valence-electron chi connectivity index (χ0n) is 17.6. The molecule has 0 unspecified atom stereocenters. The lowest BCUT2D eigenvalue weighted by Gasteiger charge is -2.50. The molecule has 0 radical (unpaired) electrons. The third-order valence-corrected chi connectivity index (χ3v) is 7.10. The highest BCUT2D eigenvalue weighted by Crippen LogP contribution is 2.49. The SMILES string of the molecule is COc1ccc(CNc2nnc(N3CCC4(CC3)CC(O)C4)c3ccccc23)cc1Cl. The molecule has 0 bridgehead atoms. The first-order valence-electron chi connectivity index (χ1n) is 10.8. The Morgan fingerprint density at radius 3 is 2.55 bits per heavy atom. The van der Waals surface area contributed by atoms with Gasteiger partial charge >= 0.3 is 0 Å². The van der Waals surface area contributed by atoms with Crippen molar-refractivity contribution in [3.8, 4) is 5.75 Å². The van der Waals surface area contributed by atoms with E-state index in [4.69, 9.17) is 16.3 Å². The molecule has 162 valence electrons. The zero-order valence-corrected chi connectivity index (χ0v) is 18.4. The minimum absolute atomic E-state index is 0.0990. The van der Waals surface area contributed by atoms with E-state index in [0.29, 0.717) is 22.7 Å². The van der Waals surface area contributed by atoms with Crippen LogP contribution in [0.3, 0.4) is 0 Å². The number of aliphatic hydroxyl groups excluding tert-OH is 1. The highest BCUT2D eigenvalue weighted by molar-refractivity contribution is 6.32. The number of fused-ring (bicyclic) bond motifs is 1. The van der Waals surface area contributed by atoms with Crippen molar-refractivity contribution >= 4 is 34.0 Å². The van der Waals surface area contributed by atoms with Crippen molar-refractivity contribution in [3.05, 3.63) is 53.1 Å². The molecule has 0 atom stereocenters. The molecule has 1 aliphatic carbocycles. The van der Waals surface area contributed by atoms with Crippen LogP contribution in [-0.2, 0) is 6.54 Å². The number of aromatic nitrogens is 2. The summed E-state index contributed by atoms with van der Waals surface area (Å²) in [4.78, 5) is 2.35. The number of nitrogens with zero attached hydrogens (tertiary/aromatic N) is 3. The third kappa shape index (κ3) is 3.90. The molecular weight excluding hydrogens is 412 g/mol. The third-order valence-electron chi connectivity index (χ3n) is 6.80. The van der Waals surface area contributed by atoms with Crippen LogP contribution < -0.4 is 15.0 Å². The Morgan fingerprint density at radius 1 is 1.13 bits per heavy atom. The summed E-state index contributed by atoms with van der Waals surface area (Å²) in [6, 6.07) is 14.0. The lowest BCUT2D eigenvalue weighted by atomic mass is 9.61. The molecule has 2 aromatic carbocycles. The molecule has 2 N–H and O–H groups in total. The van der Waals surface area contributed by atoms with Crippen molar-refractivity contribution in [1.29, 1.82) is 0 Å². The molecule has 0 amide bonds. The van der Waals surface area contributed by atoms with Crippen molar-refractivity contribution in [3.63, 3.8) is 0 Å². The van der Waals surface area contributed by atoms with Crippen LogP contribution in [0, 0.1) is 5.41 Å². The molecule has 1 aliphatic heterocycles. The monoisotopic (exact) mass is 438 g/mol. The molecule has 1 saturated carbocycles. The maximum Gasteiger partial charge on any atom is 0.159 e. The van der Waals surface area contributed by atoms with E-state index < -0.39 is 0 Å². The Bertz CT molecular complexity index is 1090. The highest BCUT2D eigenvalue weighted by Gasteiger charge is 2.45. The summed E-state index contributed by atoms with van der Waals surface area (Å²) in [6.07, 6.45) is 4.02. The number of hydrogen-bond acceptors (Lipinski definition) is 6. The number of ether oxygens (including phenoxy) is 1. The average molecular weight is 439 g/mol. The number of methoxy groups -OCH3 is 1. The van der Waals surface area contributed by atoms with Gasteiger partial charge in [-0.15, -0.1) is 10.2 Å². The van der Waals surface area contributed by atoms with Gasteiger partial charge in [-0.1, -0.05) is 41.9 Å². The smallest absolute Gasteiger partial charge is 0.159 e. The number of nitrogens with one attached hydrogen (secondary N) is 1. The topological polar surface area (TPSA) is 70.5 Å². The Labute approximate surface area is 187 Å². The van der Waals surface area contributed by atoms with E-state index in [-0.39, 0.29) is 6.10 Å². The summed E-state index contributed by atoms with van der Waals surface area (Å²) < 4.78 is 5.23. The van der Waals surface area contributed by atoms with Crippen molar-refractivity contribution in [2.75, 3.05) is 30.4 Å². The number of hydrogen-bond donors (Lipinski definition) is 2. The summed E-state index contributed by atoms with van der Waals surface area (Å²) in [5.74, 6) is 2.38. The summed E-state index contributed by atoms with van der Waals surface area (Å²) >= 11 is 6.26. The minimum Gasteiger partial charge on any atom is -0.495 e. The van der Waals surface area contributed by atoms with Gasteiger partial charge in [0.25, 0.3) is 0 Å². The fourth-order valence-corrected chi connectivity index (χ4v) is 5.28. The predicted molar refractivity (Wildman–Crippen MR) is 124 cm³/mol. The molecular formula is C24H27ClN4O2. The molecule has 1 aromatic heterocycles. The molecule has 3 aromatic rings. The summed E-state index contributed by atoms with van der Waals surface area (Å²) in [6.45, 7) is 2.52. The van der Waals surface area contributed by atoms with Gasteiger partial charge in [0.1, 0.15) is 5.75 Å². The van der Waals surface area contributed by atoms with Gasteiger partial charge < -0.3 is 20.1 Å². The summed E-state index contributed by atoms with van der Waals surface area (Å²) in [7, 11) is 1.61. The quantitative estimate of drug-likeness (QED) is 0.604. The van der Waals surface area contributed by atoms with Crippen molar-refractivity contribution in [1.82, 2.24) is 10.2 Å². The van der Waals surface area contributed by atoms with Gasteiger partial charge in [0.05, 0.1) is 18.2 Å². The molecule has 7 heteroatoms. The Balaban J connectivity index is 1.35. The lowest BCUT2D eigenvalue weighted by molar-refractivity contribution is -0.0464. The normalized spacial score (nSPS) is 18.2.